The second-order valence-electron chi connectivity index (χ2n) is 5.19. The quantitative estimate of drug-likeness (QED) is 0.907. The number of carbonyl (C=O) groups excluding carboxylic acids is 1. The van der Waals surface area contributed by atoms with E-state index in [0.29, 0.717) is 6.54 Å². The second kappa shape index (κ2) is 6.27. The molecule has 0 aliphatic heterocycles. The normalized spacial score (nSPS) is 10.7. The van der Waals surface area contributed by atoms with E-state index in [4.69, 9.17) is 9.47 Å². The van der Waals surface area contributed by atoms with Crippen LogP contribution in [0.3, 0.4) is 0 Å². The monoisotopic (exact) mass is 263 g/mol. The van der Waals surface area contributed by atoms with E-state index in [1.807, 2.05) is 45.0 Å². The van der Waals surface area contributed by atoms with Crippen LogP contribution in [0.25, 0.3) is 5.57 Å². The van der Waals surface area contributed by atoms with Gasteiger partial charge in [-0.2, -0.15) is 0 Å². The molecule has 0 saturated carbocycles. The number of benzene rings is 1. The molecule has 0 bridgehead atoms. The third-order valence-electron chi connectivity index (χ3n) is 2.34. The molecule has 0 radical (unpaired) electrons. The van der Waals surface area contributed by atoms with Gasteiger partial charge in [-0.15, -0.1) is 0 Å². The molecule has 0 saturated heterocycles. The Morgan fingerprint density at radius 3 is 2.32 bits per heavy atom. The number of alkyl carbamates (subject to hydrolysis) is 1. The van der Waals surface area contributed by atoms with Gasteiger partial charge in [0.1, 0.15) is 11.4 Å². The van der Waals surface area contributed by atoms with Crippen molar-refractivity contribution >= 4 is 11.7 Å². The highest BCUT2D eigenvalue weighted by molar-refractivity contribution is 5.73. The fraction of sp³-hybridized carbons (Fsp3) is 0.400. The highest BCUT2D eigenvalue weighted by atomic mass is 16.6. The van der Waals surface area contributed by atoms with Gasteiger partial charge in [-0.05, 0) is 44.0 Å². The molecule has 104 valence electrons. The molecule has 0 spiro atoms. The molecule has 1 rings (SSSR count). The molecule has 1 aromatic rings. The predicted octanol–water partition coefficient (Wildman–Crippen LogP) is 3.23. The molecule has 4 heteroatoms. The number of hydrogen-bond donors (Lipinski definition) is 1. The molecule has 0 atom stereocenters. The molecule has 0 aliphatic rings. The van der Waals surface area contributed by atoms with E-state index in [2.05, 4.69) is 11.9 Å². The summed E-state index contributed by atoms with van der Waals surface area (Å²) in [5, 5.41) is 2.67. The lowest BCUT2D eigenvalue weighted by Gasteiger charge is -2.20. The van der Waals surface area contributed by atoms with Gasteiger partial charge in [-0.3, -0.25) is 0 Å². The van der Waals surface area contributed by atoms with Crippen molar-refractivity contribution in [1.29, 1.82) is 0 Å². The Morgan fingerprint density at radius 2 is 1.84 bits per heavy atom. The number of amides is 1. The van der Waals surface area contributed by atoms with E-state index in [1.165, 1.54) is 0 Å². The van der Waals surface area contributed by atoms with Gasteiger partial charge >= 0.3 is 6.09 Å². The fourth-order valence-electron chi connectivity index (χ4n) is 1.42. The summed E-state index contributed by atoms with van der Waals surface area (Å²) in [4.78, 5) is 11.5. The summed E-state index contributed by atoms with van der Waals surface area (Å²) in [6.45, 7) is 9.76. The highest BCUT2D eigenvalue weighted by Crippen LogP contribution is 2.16. The molecule has 0 heterocycles. The molecule has 1 N–H and O–H groups in total. The van der Waals surface area contributed by atoms with Crippen LogP contribution in [0.2, 0.25) is 0 Å². The molecule has 0 aromatic heterocycles. The maximum absolute atomic E-state index is 11.5. The van der Waals surface area contributed by atoms with Crippen molar-refractivity contribution in [3.8, 4) is 5.75 Å². The SMILES string of the molecule is C=C(CNC(=O)OC(C)(C)C)c1ccc(OC)cc1. The minimum Gasteiger partial charge on any atom is -0.497 e. The summed E-state index contributed by atoms with van der Waals surface area (Å²) < 4.78 is 10.2. The van der Waals surface area contributed by atoms with Gasteiger partial charge in [0.15, 0.2) is 0 Å². The summed E-state index contributed by atoms with van der Waals surface area (Å²) in [6.07, 6.45) is -0.442. The van der Waals surface area contributed by atoms with Crippen molar-refractivity contribution in [2.45, 2.75) is 26.4 Å². The Hall–Kier alpha value is -1.97. The topological polar surface area (TPSA) is 47.6 Å². The number of ether oxygens (including phenoxy) is 2. The van der Waals surface area contributed by atoms with Gasteiger partial charge in [-0.25, -0.2) is 4.79 Å². The van der Waals surface area contributed by atoms with Crippen LogP contribution in [0.15, 0.2) is 30.8 Å². The predicted molar refractivity (Wildman–Crippen MR) is 76.3 cm³/mol. The lowest BCUT2D eigenvalue weighted by atomic mass is 10.1. The van der Waals surface area contributed by atoms with Crippen LogP contribution >= 0.6 is 0 Å². The molecule has 0 aliphatic carbocycles. The van der Waals surface area contributed by atoms with Crippen LogP contribution in [-0.4, -0.2) is 25.3 Å². The van der Waals surface area contributed by atoms with Gasteiger partial charge < -0.3 is 14.8 Å². The largest absolute Gasteiger partial charge is 0.497 e. The highest BCUT2D eigenvalue weighted by Gasteiger charge is 2.15. The first-order chi connectivity index (χ1) is 8.81. The number of hydrogen-bond acceptors (Lipinski definition) is 3. The van der Waals surface area contributed by atoms with Crippen LogP contribution in [0.4, 0.5) is 4.79 Å². The Morgan fingerprint density at radius 1 is 1.26 bits per heavy atom. The van der Waals surface area contributed by atoms with Crippen LogP contribution in [-0.2, 0) is 4.74 Å². The smallest absolute Gasteiger partial charge is 0.407 e. The lowest BCUT2D eigenvalue weighted by molar-refractivity contribution is 0.0535. The minimum absolute atomic E-state index is 0.348. The van der Waals surface area contributed by atoms with Gasteiger partial charge in [0.05, 0.1) is 7.11 Å². The zero-order chi connectivity index (χ0) is 14.5. The van der Waals surface area contributed by atoms with Crippen molar-refractivity contribution in [2.24, 2.45) is 0 Å². The molecular formula is C15H21NO3. The van der Waals surface area contributed by atoms with E-state index >= 15 is 0 Å². The summed E-state index contributed by atoms with van der Waals surface area (Å²) >= 11 is 0. The first kappa shape index (κ1) is 15.1. The van der Waals surface area contributed by atoms with Gasteiger partial charge in [0.25, 0.3) is 0 Å². The van der Waals surface area contributed by atoms with Crippen molar-refractivity contribution in [1.82, 2.24) is 5.32 Å². The van der Waals surface area contributed by atoms with Gasteiger partial charge in [0, 0.05) is 6.54 Å². The summed E-state index contributed by atoms with van der Waals surface area (Å²) in [7, 11) is 1.62. The summed E-state index contributed by atoms with van der Waals surface area (Å²) in [6, 6.07) is 7.51. The van der Waals surface area contributed by atoms with Crippen LogP contribution in [0.1, 0.15) is 26.3 Å². The Labute approximate surface area is 114 Å². The number of methoxy groups -OCH3 is 1. The van der Waals surface area contributed by atoms with Crippen molar-refractivity contribution in [3.63, 3.8) is 0 Å². The zero-order valence-electron chi connectivity index (χ0n) is 11.9. The number of nitrogens with one attached hydrogen (secondary N) is 1. The van der Waals surface area contributed by atoms with E-state index < -0.39 is 11.7 Å². The minimum atomic E-state index is -0.495. The second-order valence-corrected chi connectivity index (χ2v) is 5.19. The molecular weight excluding hydrogens is 242 g/mol. The van der Waals surface area contributed by atoms with E-state index in [9.17, 15) is 4.79 Å². The number of carbonyl (C=O) groups is 1. The van der Waals surface area contributed by atoms with Gasteiger partial charge in [-0.1, -0.05) is 18.7 Å². The first-order valence-electron chi connectivity index (χ1n) is 6.11. The number of rotatable bonds is 4. The average molecular weight is 263 g/mol. The molecule has 0 fully saturated rings. The fourth-order valence-corrected chi connectivity index (χ4v) is 1.42. The van der Waals surface area contributed by atoms with Crippen LogP contribution in [0.5, 0.6) is 5.75 Å². The summed E-state index contributed by atoms with van der Waals surface area (Å²) in [5.74, 6) is 0.789. The lowest BCUT2D eigenvalue weighted by Crippen LogP contribution is -2.33. The summed E-state index contributed by atoms with van der Waals surface area (Å²) in [5.41, 5.74) is 1.27. The molecule has 1 aromatic carbocycles. The Kier molecular flexibility index (Phi) is 4.98. The maximum Gasteiger partial charge on any atom is 0.407 e. The zero-order valence-corrected chi connectivity index (χ0v) is 11.9. The Bertz CT molecular complexity index is 443. The van der Waals surface area contributed by atoms with E-state index in [1.54, 1.807) is 7.11 Å². The van der Waals surface area contributed by atoms with Crippen molar-refractivity contribution < 1.29 is 14.3 Å². The molecule has 0 unspecified atom stereocenters. The molecule has 19 heavy (non-hydrogen) atoms. The third kappa shape index (κ3) is 5.46. The maximum atomic E-state index is 11.5. The van der Waals surface area contributed by atoms with Crippen LogP contribution < -0.4 is 10.1 Å². The Balaban J connectivity index is 2.49. The standard InChI is InChI=1S/C15H21NO3/c1-11(10-16-14(17)19-15(2,3)4)12-6-8-13(18-5)9-7-12/h6-9H,1,10H2,2-5H3,(H,16,17). The van der Waals surface area contributed by atoms with Gasteiger partial charge in [0.2, 0.25) is 0 Å². The van der Waals surface area contributed by atoms with Crippen LogP contribution in [0, 0.1) is 0 Å². The van der Waals surface area contributed by atoms with E-state index in [0.717, 1.165) is 16.9 Å². The molecule has 1 amide bonds. The third-order valence-corrected chi connectivity index (χ3v) is 2.34. The first-order valence-corrected chi connectivity index (χ1v) is 6.11. The average Bonchev–Trinajstić information content (AvgIpc) is 2.34. The molecule has 4 nitrogen and oxygen atoms in total. The van der Waals surface area contributed by atoms with Crippen molar-refractivity contribution in [2.75, 3.05) is 13.7 Å². The van der Waals surface area contributed by atoms with E-state index in [-0.39, 0.29) is 0 Å². The van der Waals surface area contributed by atoms with Crippen molar-refractivity contribution in [3.05, 3.63) is 36.4 Å².